The minimum Gasteiger partial charge on any atom is -0.298 e. The molecule has 0 N–H and O–H groups in total. The summed E-state index contributed by atoms with van der Waals surface area (Å²) in [5, 5.41) is 15.5. The molecular weight excluding hydrogens is 329 g/mol. The maximum atomic E-state index is 12.5. The highest BCUT2D eigenvalue weighted by Gasteiger charge is 2.32. The molecule has 136 valence electrons. The third-order valence-electron chi connectivity index (χ3n) is 4.06. The van der Waals surface area contributed by atoms with Gasteiger partial charge in [-0.05, 0) is 32.9 Å². The van der Waals surface area contributed by atoms with Crippen LogP contribution >= 0.6 is 0 Å². The number of hydrogen-bond acceptors (Lipinski definition) is 4. The Balaban J connectivity index is 0.000000294. The molecule has 0 aromatic heterocycles. The highest BCUT2D eigenvalue weighted by atomic mass is 19.1. The number of rotatable bonds is 4. The van der Waals surface area contributed by atoms with Crippen molar-refractivity contribution >= 4 is 12.0 Å². The van der Waals surface area contributed by atoms with Crippen LogP contribution in [-0.2, 0) is 4.79 Å². The summed E-state index contributed by atoms with van der Waals surface area (Å²) in [6.45, 7) is 9.16. The molecule has 0 fully saturated rings. The number of hydrazone groups is 1. The Morgan fingerprint density at radius 1 is 1.42 bits per heavy atom. The SMILES string of the molecule is C=C/C=C(C=O)\C(F)=C/C.CN1N=C(c2ccccc2C#N)CC1(C)C. The van der Waals surface area contributed by atoms with E-state index in [1.165, 1.54) is 25.2 Å². The van der Waals surface area contributed by atoms with E-state index in [1.807, 2.05) is 36.3 Å². The standard InChI is InChI=1S/C13H15N3.C8H9FO/c1-13(2)8-12(15-16(13)3)11-7-5-4-6-10(11)9-14;1-3-5-7(6-10)8(9)4-2/h4-7H,8H2,1-3H3;3-6H,1H2,2H3/b;7-5-,8-4+. The van der Waals surface area contributed by atoms with E-state index in [1.54, 1.807) is 0 Å². The Kier molecular flexibility index (Phi) is 7.67. The van der Waals surface area contributed by atoms with Crippen molar-refractivity contribution in [2.75, 3.05) is 7.05 Å². The molecule has 0 amide bonds. The number of nitriles is 1. The van der Waals surface area contributed by atoms with E-state index in [9.17, 15) is 9.18 Å². The second-order valence-electron chi connectivity index (χ2n) is 6.33. The fourth-order valence-electron chi connectivity index (χ4n) is 2.33. The molecule has 26 heavy (non-hydrogen) atoms. The second kappa shape index (κ2) is 9.47. The number of hydrogen-bond donors (Lipinski definition) is 0. The Labute approximate surface area is 154 Å². The first-order valence-corrected chi connectivity index (χ1v) is 8.21. The van der Waals surface area contributed by atoms with Gasteiger partial charge in [0.15, 0.2) is 6.29 Å². The lowest BCUT2D eigenvalue weighted by Gasteiger charge is -2.26. The zero-order chi connectivity index (χ0) is 19.7. The van der Waals surface area contributed by atoms with Gasteiger partial charge in [0.05, 0.1) is 22.9 Å². The van der Waals surface area contributed by atoms with Crippen LogP contribution in [-0.4, -0.2) is 29.6 Å². The van der Waals surface area contributed by atoms with Crippen molar-refractivity contribution in [3.05, 3.63) is 71.6 Å². The minimum atomic E-state index is -0.519. The lowest BCUT2D eigenvalue weighted by Crippen LogP contribution is -2.33. The molecule has 2 rings (SSSR count). The average Bonchev–Trinajstić information content (AvgIpc) is 2.92. The van der Waals surface area contributed by atoms with Gasteiger partial charge in [0.25, 0.3) is 0 Å². The van der Waals surface area contributed by atoms with Crippen molar-refractivity contribution in [1.82, 2.24) is 5.01 Å². The summed E-state index contributed by atoms with van der Waals surface area (Å²) in [5.41, 5.74) is 2.73. The molecule has 5 heteroatoms. The molecule has 1 aliphatic heterocycles. The maximum absolute atomic E-state index is 12.5. The average molecular weight is 353 g/mol. The largest absolute Gasteiger partial charge is 0.298 e. The number of nitrogens with zero attached hydrogens (tertiary/aromatic N) is 3. The van der Waals surface area contributed by atoms with Crippen LogP contribution < -0.4 is 0 Å². The van der Waals surface area contributed by atoms with Crippen LogP contribution in [0.5, 0.6) is 0 Å². The summed E-state index contributed by atoms with van der Waals surface area (Å²) in [7, 11) is 1.97. The molecule has 0 atom stereocenters. The monoisotopic (exact) mass is 353 g/mol. The van der Waals surface area contributed by atoms with Gasteiger partial charge in [-0.15, -0.1) is 0 Å². The zero-order valence-electron chi connectivity index (χ0n) is 15.7. The normalized spacial score (nSPS) is 16.2. The van der Waals surface area contributed by atoms with Gasteiger partial charge < -0.3 is 0 Å². The molecule has 4 nitrogen and oxygen atoms in total. The molecule has 0 aliphatic carbocycles. The summed E-state index contributed by atoms with van der Waals surface area (Å²) in [4.78, 5) is 10.1. The Hall–Kier alpha value is -3.00. The van der Waals surface area contributed by atoms with Gasteiger partial charge in [-0.2, -0.15) is 10.4 Å². The van der Waals surface area contributed by atoms with E-state index in [4.69, 9.17) is 5.26 Å². The van der Waals surface area contributed by atoms with Gasteiger partial charge in [0.2, 0.25) is 0 Å². The summed E-state index contributed by atoms with van der Waals surface area (Å²) >= 11 is 0. The quantitative estimate of drug-likeness (QED) is 0.453. The van der Waals surface area contributed by atoms with Gasteiger partial charge >= 0.3 is 0 Å². The third kappa shape index (κ3) is 5.25. The summed E-state index contributed by atoms with van der Waals surface area (Å²) in [6.07, 6.45) is 5.25. The number of aldehydes is 1. The molecule has 1 aliphatic rings. The second-order valence-corrected chi connectivity index (χ2v) is 6.33. The van der Waals surface area contributed by atoms with Gasteiger partial charge in [-0.3, -0.25) is 9.80 Å². The lowest BCUT2D eigenvalue weighted by molar-refractivity contribution is -0.104. The number of halogens is 1. The predicted octanol–water partition coefficient (Wildman–Crippen LogP) is 4.55. The number of benzene rings is 1. The van der Waals surface area contributed by atoms with E-state index < -0.39 is 5.83 Å². The predicted molar refractivity (Wildman–Crippen MR) is 103 cm³/mol. The first-order chi connectivity index (χ1) is 12.3. The van der Waals surface area contributed by atoms with Crippen molar-refractivity contribution in [1.29, 1.82) is 5.26 Å². The zero-order valence-corrected chi connectivity index (χ0v) is 15.7. The summed E-state index contributed by atoms with van der Waals surface area (Å²) in [6, 6.07) is 9.85. The molecule has 0 saturated carbocycles. The molecule has 1 heterocycles. The molecule has 0 saturated heterocycles. The van der Waals surface area contributed by atoms with E-state index in [0.29, 0.717) is 11.8 Å². The smallest absolute Gasteiger partial charge is 0.152 e. The van der Waals surface area contributed by atoms with Crippen molar-refractivity contribution in [2.24, 2.45) is 5.10 Å². The van der Waals surface area contributed by atoms with Crippen LogP contribution in [0.15, 0.2) is 65.6 Å². The van der Waals surface area contributed by atoms with Crippen molar-refractivity contribution in [2.45, 2.75) is 32.7 Å². The van der Waals surface area contributed by atoms with Gasteiger partial charge in [0, 0.05) is 24.6 Å². The van der Waals surface area contributed by atoms with E-state index >= 15 is 0 Å². The van der Waals surface area contributed by atoms with E-state index in [-0.39, 0.29) is 11.1 Å². The van der Waals surface area contributed by atoms with Gasteiger partial charge in [-0.25, -0.2) is 4.39 Å². The molecule has 1 aromatic rings. The van der Waals surface area contributed by atoms with Crippen LogP contribution in [0.2, 0.25) is 0 Å². The molecular formula is C21H24FN3O. The third-order valence-corrected chi connectivity index (χ3v) is 4.06. The van der Waals surface area contributed by atoms with Crippen molar-refractivity contribution in [3.63, 3.8) is 0 Å². The Morgan fingerprint density at radius 3 is 2.54 bits per heavy atom. The highest BCUT2D eigenvalue weighted by Crippen LogP contribution is 2.28. The molecule has 0 radical (unpaired) electrons. The lowest BCUT2D eigenvalue weighted by atomic mass is 9.93. The van der Waals surface area contributed by atoms with Crippen molar-refractivity contribution < 1.29 is 9.18 Å². The van der Waals surface area contributed by atoms with E-state index in [0.717, 1.165) is 17.7 Å². The summed E-state index contributed by atoms with van der Waals surface area (Å²) < 4.78 is 12.5. The van der Waals surface area contributed by atoms with E-state index in [2.05, 4.69) is 31.6 Å². The van der Waals surface area contributed by atoms with Crippen LogP contribution in [0.1, 0.15) is 38.3 Å². The fraction of sp³-hybridized carbons (Fsp3) is 0.286. The van der Waals surface area contributed by atoms with Crippen molar-refractivity contribution in [3.8, 4) is 6.07 Å². The van der Waals surface area contributed by atoms with Crippen LogP contribution in [0.3, 0.4) is 0 Å². The fourth-order valence-corrected chi connectivity index (χ4v) is 2.33. The Morgan fingerprint density at radius 2 is 2.08 bits per heavy atom. The first-order valence-electron chi connectivity index (χ1n) is 8.21. The topological polar surface area (TPSA) is 56.5 Å². The molecule has 0 bridgehead atoms. The Bertz CT molecular complexity index is 798. The molecule has 0 unspecified atom stereocenters. The molecule has 0 spiro atoms. The number of allylic oxidation sites excluding steroid dienone is 5. The van der Waals surface area contributed by atoms with Crippen LogP contribution in [0, 0.1) is 11.3 Å². The van der Waals surface area contributed by atoms with Crippen LogP contribution in [0.4, 0.5) is 4.39 Å². The van der Waals surface area contributed by atoms with Crippen LogP contribution in [0.25, 0.3) is 0 Å². The molecule has 1 aromatic carbocycles. The number of carbonyl (C=O) groups is 1. The van der Waals surface area contributed by atoms with Gasteiger partial charge in [0.1, 0.15) is 5.83 Å². The highest BCUT2D eigenvalue weighted by molar-refractivity contribution is 6.03. The number of carbonyl (C=O) groups excluding carboxylic acids is 1. The first kappa shape index (κ1) is 21.0. The van der Waals surface area contributed by atoms with Gasteiger partial charge in [-0.1, -0.05) is 36.9 Å². The minimum absolute atomic E-state index is 0.0255. The summed E-state index contributed by atoms with van der Waals surface area (Å²) in [5.74, 6) is -0.519. The maximum Gasteiger partial charge on any atom is 0.152 e.